The molecular weight excluding hydrogens is 378 g/mol. The van der Waals surface area contributed by atoms with E-state index in [2.05, 4.69) is 78.0 Å². The second-order valence-corrected chi connectivity index (χ2v) is 6.89. The van der Waals surface area contributed by atoms with Crippen molar-refractivity contribution in [2.24, 2.45) is 10.8 Å². The molecular formula is C18H28Cl2Zr. The summed E-state index contributed by atoms with van der Waals surface area (Å²) >= 11 is 0. The Morgan fingerprint density at radius 3 is 1.10 bits per heavy atom. The monoisotopic (exact) mass is 404 g/mol. The van der Waals surface area contributed by atoms with Crippen LogP contribution in [0.2, 0.25) is 0 Å². The molecule has 0 saturated heterocycles. The van der Waals surface area contributed by atoms with E-state index in [0.717, 1.165) is 12.8 Å². The molecule has 0 aliphatic heterocycles. The van der Waals surface area contributed by atoms with Gasteiger partial charge in [0.2, 0.25) is 0 Å². The van der Waals surface area contributed by atoms with Crippen LogP contribution in [0.3, 0.4) is 0 Å². The molecule has 2 aliphatic carbocycles. The number of rotatable bonds is 0. The molecule has 0 bridgehead atoms. The number of hydrogen-bond acceptors (Lipinski definition) is 0. The van der Waals surface area contributed by atoms with Crippen molar-refractivity contribution < 1.29 is 26.2 Å². The van der Waals surface area contributed by atoms with E-state index < -0.39 is 0 Å². The summed E-state index contributed by atoms with van der Waals surface area (Å²) in [5.41, 5.74) is 3.30. The Kier molecular flexibility index (Phi) is 13.8. The first-order chi connectivity index (χ1) is 8.21. The van der Waals surface area contributed by atoms with Crippen LogP contribution in [-0.4, -0.2) is 0 Å². The molecule has 0 unspecified atom stereocenters. The fourth-order valence-electron chi connectivity index (χ4n) is 1.84. The van der Waals surface area contributed by atoms with Gasteiger partial charge in [-0.25, -0.2) is 23.3 Å². The van der Waals surface area contributed by atoms with Gasteiger partial charge in [-0.3, -0.25) is 12.2 Å². The summed E-state index contributed by atoms with van der Waals surface area (Å²) < 4.78 is 0. The molecule has 3 heteroatoms. The van der Waals surface area contributed by atoms with Gasteiger partial charge in [0.25, 0.3) is 0 Å². The molecule has 21 heavy (non-hydrogen) atoms. The van der Waals surface area contributed by atoms with Gasteiger partial charge in [0, 0.05) is 0 Å². The van der Waals surface area contributed by atoms with Gasteiger partial charge in [0.05, 0.1) is 0 Å². The quantitative estimate of drug-likeness (QED) is 0.415. The third-order valence-corrected chi connectivity index (χ3v) is 3.01. The van der Waals surface area contributed by atoms with Gasteiger partial charge in [-0.1, -0.05) is 41.5 Å². The maximum absolute atomic E-state index is 3.30. The summed E-state index contributed by atoms with van der Waals surface area (Å²) in [7, 11) is 0. The van der Waals surface area contributed by atoms with E-state index in [0.29, 0.717) is 10.8 Å². The van der Waals surface area contributed by atoms with Crippen molar-refractivity contribution in [2.75, 3.05) is 0 Å². The minimum absolute atomic E-state index is 0. The molecule has 0 nitrogen and oxygen atoms in total. The molecule has 2 aliphatic rings. The predicted octanol–water partition coefficient (Wildman–Crippen LogP) is 6.29. The normalized spacial score (nSPS) is 15.7. The van der Waals surface area contributed by atoms with E-state index in [1.165, 1.54) is 11.1 Å². The summed E-state index contributed by atoms with van der Waals surface area (Å²) in [5.74, 6) is 0. The van der Waals surface area contributed by atoms with Gasteiger partial charge in [-0.2, -0.15) is 12.2 Å². The molecule has 0 spiro atoms. The van der Waals surface area contributed by atoms with Crippen LogP contribution in [0.5, 0.6) is 0 Å². The zero-order valence-corrected chi connectivity index (χ0v) is 18.1. The van der Waals surface area contributed by atoms with Crippen LogP contribution in [0.15, 0.2) is 35.5 Å². The van der Waals surface area contributed by atoms with Gasteiger partial charge in [0.15, 0.2) is 0 Å². The fraction of sp³-hybridized carbons (Fsp3) is 0.556. The average molecular weight is 407 g/mol. The summed E-state index contributed by atoms with van der Waals surface area (Å²) in [6.45, 7) is 13.3. The minimum atomic E-state index is 0. The van der Waals surface area contributed by atoms with Gasteiger partial charge in [-0.15, -0.1) is 37.7 Å². The summed E-state index contributed by atoms with van der Waals surface area (Å²) in [6, 6.07) is 0. The van der Waals surface area contributed by atoms with Crippen LogP contribution in [0, 0.1) is 23.0 Å². The number of halogens is 2. The van der Waals surface area contributed by atoms with Crippen molar-refractivity contribution >= 4 is 24.8 Å². The SMILES string of the molecule is CC(C)(C)C1=[C-]CC=C1.CC(C)(C)C1=[C-]CC=C1.Cl.Cl.[Zr+2]. The van der Waals surface area contributed by atoms with E-state index >= 15 is 0 Å². The smallest absolute Gasteiger partial charge is 0.269 e. The van der Waals surface area contributed by atoms with Gasteiger partial charge in [0.1, 0.15) is 0 Å². The van der Waals surface area contributed by atoms with Gasteiger partial charge < -0.3 is 0 Å². The third kappa shape index (κ3) is 9.93. The molecule has 0 radical (unpaired) electrons. The largest absolute Gasteiger partial charge is 2.00 e. The van der Waals surface area contributed by atoms with E-state index in [9.17, 15) is 0 Å². The van der Waals surface area contributed by atoms with E-state index in [4.69, 9.17) is 0 Å². The van der Waals surface area contributed by atoms with Crippen molar-refractivity contribution in [3.05, 3.63) is 47.6 Å². The second-order valence-electron chi connectivity index (χ2n) is 6.89. The number of allylic oxidation sites excluding steroid dienone is 8. The van der Waals surface area contributed by atoms with E-state index in [1.807, 2.05) is 0 Å². The predicted molar refractivity (Wildman–Crippen MR) is 94.4 cm³/mol. The van der Waals surface area contributed by atoms with Crippen molar-refractivity contribution in [3.63, 3.8) is 0 Å². The van der Waals surface area contributed by atoms with Crippen LogP contribution < -0.4 is 0 Å². The standard InChI is InChI=1S/2C9H13.2ClH.Zr/c2*1-9(2,3)8-6-4-5-7-8;;;/h2*4,6H,5H2,1-3H3;2*1H;/q2*-1;;;+2. The zero-order valence-electron chi connectivity index (χ0n) is 14.0. The molecule has 0 aromatic carbocycles. The van der Waals surface area contributed by atoms with Crippen molar-refractivity contribution in [3.8, 4) is 0 Å². The van der Waals surface area contributed by atoms with Gasteiger partial charge in [-0.05, 0) is 10.8 Å². The molecule has 0 aromatic rings. The maximum Gasteiger partial charge on any atom is 2.00 e. The molecule has 0 aromatic heterocycles. The van der Waals surface area contributed by atoms with E-state index in [1.54, 1.807) is 0 Å². The Morgan fingerprint density at radius 2 is 1.00 bits per heavy atom. The Balaban J connectivity index is -0.000000270. The summed E-state index contributed by atoms with van der Waals surface area (Å²) in [4.78, 5) is 0. The first-order valence-electron chi connectivity index (χ1n) is 6.77. The molecule has 0 saturated carbocycles. The Morgan fingerprint density at radius 1 is 0.714 bits per heavy atom. The Bertz CT molecular complexity index is 362. The molecule has 0 fully saturated rings. The minimum Gasteiger partial charge on any atom is -0.269 e. The molecule has 0 heterocycles. The Hall–Kier alpha value is 0.423. The topological polar surface area (TPSA) is 0 Å². The van der Waals surface area contributed by atoms with Gasteiger partial charge >= 0.3 is 26.2 Å². The van der Waals surface area contributed by atoms with Crippen molar-refractivity contribution in [2.45, 2.75) is 54.4 Å². The zero-order chi connectivity index (χ0) is 13.8. The fourth-order valence-corrected chi connectivity index (χ4v) is 1.84. The van der Waals surface area contributed by atoms with Crippen LogP contribution in [0.1, 0.15) is 54.4 Å². The molecule has 2 rings (SSSR count). The maximum atomic E-state index is 3.30. The van der Waals surface area contributed by atoms with Crippen molar-refractivity contribution in [1.82, 2.24) is 0 Å². The first kappa shape index (κ1) is 26.3. The molecule has 0 amide bonds. The summed E-state index contributed by atoms with van der Waals surface area (Å²) in [6.07, 6.45) is 17.3. The van der Waals surface area contributed by atoms with Crippen LogP contribution in [0.4, 0.5) is 0 Å². The molecule has 0 atom stereocenters. The number of hydrogen-bond donors (Lipinski definition) is 0. The summed E-state index contributed by atoms with van der Waals surface area (Å²) in [5, 5.41) is 0. The molecule has 0 N–H and O–H groups in total. The van der Waals surface area contributed by atoms with E-state index in [-0.39, 0.29) is 51.0 Å². The second kappa shape index (κ2) is 11.0. The average Bonchev–Trinajstić information content (AvgIpc) is 2.91. The first-order valence-corrected chi connectivity index (χ1v) is 6.77. The third-order valence-electron chi connectivity index (χ3n) is 3.01. The van der Waals surface area contributed by atoms with Crippen LogP contribution >= 0.6 is 24.8 Å². The van der Waals surface area contributed by atoms with Crippen LogP contribution in [-0.2, 0) is 26.2 Å². The van der Waals surface area contributed by atoms with Crippen LogP contribution in [0.25, 0.3) is 0 Å². The molecule has 118 valence electrons. The Labute approximate surface area is 163 Å². The van der Waals surface area contributed by atoms with Crippen molar-refractivity contribution in [1.29, 1.82) is 0 Å².